The molecule has 7 heteroatoms. The summed E-state index contributed by atoms with van der Waals surface area (Å²) in [6.45, 7) is 9.01. The zero-order chi connectivity index (χ0) is 20.2. The number of nitrogens with one attached hydrogen (secondary N) is 1. The molecule has 0 saturated carbocycles. The molecule has 0 spiro atoms. The van der Waals surface area contributed by atoms with Crippen molar-refractivity contribution < 1.29 is 9.53 Å². The SMILES string of the molecule is CCn1cc(-c2cc(C(=O)NC(C)CN3CCOCC3)c3ccccc3n2)cn1. The normalized spacial score (nSPS) is 16.1. The van der Waals surface area contributed by atoms with E-state index in [-0.39, 0.29) is 11.9 Å². The second-order valence-corrected chi connectivity index (χ2v) is 7.44. The van der Waals surface area contributed by atoms with Gasteiger partial charge < -0.3 is 10.1 Å². The summed E-state index contributed by atoms with van der Waals surface area (Å²) < 4.78 is 7.26. The smallest absolute Gasteiger partial charge is 0.252 e. The highest BCUT2D eigenvalue weighted by molar-refractivity contribution is 6.07. The Morgan fingerprint density at radius 2 is 2.07 bits per heavy atom. The Morgan fingerprint density at radius 1 is 1.28 bits per heavy atom. The van der Waals surface area contributed by atoms with Gasteiger partial charge >= 0.3 is 0 Å². The maximum absolute atomic E-state index is 13.2. The second kappa shape index (κ2) is 8.71. The first-order valence-corrected chi connectivity index (χ1v) is 10.2. The van der Waals surface area contributed by atoms with E-state index in [9.17, 15) is 4.79 Å². The first kappa shape index (κ1) is 19.5. The van der Waals surface area contributed by atoms with Gasteiger partial charge in [-0.3, -0.25) is 14.4 Å². The highest BCUT2D eigenvalue weighted by Crippen LogP contribution is 2.24. The molecular formula is C22H27N5O2. The van der Waals surface area contributed by atoms with Crippen LogP contribution in [0.15, 0.2) is 42.7 Å². The number of benzene rings is 1. The van der Waals surface area contributed by atoms with Gasteiger partial charge in [0.15, 0.2) is 0 Å². The summed E-state index contributed by atoms with van der Waals surface area (Å²) in [5.74, 6) is -0.0755. The summed E-state index contributed by atoms with van der Waals surface area (Å²) >= 11 is 0. The van der Waals surface area contributed by atoms with E-state index in [4.69, 9.17) is 9.72 Å². The molecule has 1 aromatic carbocycles. The third-order valence-corrected chi connectivity index (χ3v) is 5.23. The molecule has 1 aliphatic heterocycles. The van der Waals surface area contributed by atoms with E-state index in [1.807, 2.05) is 55.1 Å². The van der Waals surface area contributed by atoms with Crippen molar-refractivity contribution in [2.45, 2.75) is 26.4 Å². The Kier molecular flexibility index (Phi) is 5.87. The van der Waals surface area contributed by atoms with E-state index in [0.29, 0.717) is 5.56 Å². The van der Waals surface area contributed by atoms with Crippen molar-refractivity contribution in [2.24, 2.45) is 0 Å². The standard InChI is InChI=1S/C22H27N5O2/c1-3-27-15-17(13-23-27)21-12-19(18-6-4-5-7-20(18)25-21)22(28)24-16(2)14-26-8-10-29-11-9-26/h4-7,12-13,15-16H,3,8-11,14H2,1-2H3,(H,24,28). The van der Waals surface area contributed by atoms with E-state index in [1.165, 1.54) is 0 Å². The minimum absolute atomic E-state index is 0.0406. The van der Waals surface area contributed by atoms with Crippen molar-refractivity contribution >= 4 is 16.8 Å². The zero-order valence-corrected chi connectivity index (χ0v) is 17.0. The number of morpholine rings is 1. The van der Waals surface area contributed by atoms with Gasteiger partial charge in [0.25, 0.3) is 5.91 Å². The maximum atomic E-state index is 13.2. The number of fused-ring (bicyclic) bond motifs is 1. The topological polar surface area (TPSA) is 72.3 Å². The molecule has 1 atom stereocenters. The lowest BCUT2D eigenvalue weighted by atomic mass is 10.0. The third kappa shape index (κ3) is 4.46. The predicted molar refractivity (Wildman–Crippen MR) is 113 cm³/mol. The number of pyridine rings is 1. The summed E-state index contributed by atoms with van der Waals surface area (Å²) in [6.07, 6.45) is 3.75. The average molecular weight is 393 g/mol. The number of carbonyl (C=O) groups excluding carboxylic acids is 1. The molecule has 29 heavy (non-hydrogen) atoms. The van der Waals surface area contributed by atoms with Crippen LogP contribution in [0.4, 0.5) is 0 Å². The van der Waals surface area contributed by atoms with Crippen molar-refractivity contribution in [1.82, 2.24) is 25.0 Å². The van der Waals surface area contributed by atoms with Crippen molar-refractivity contribution in [1.29, 1.82) is 0 Å². The van der Waals surface area contributed by atoms with Crippen LogP contribution in [0.3, 0.4) is 0 Å². The molecule has 1 unspecified atom stereocenters. The predicted octanol–water partition coefficient (Wildman–Crippen LogP) is 2.57. The molecular weight excluding hydrogens is 366 g/mol. The minimum Gasteiger partial charge on any atom is -0.379 e. The highest BCUT2D eigenvalue weighted by Gasteiger charge is 2.19. The van der Waals surface area contributed by atoms with Crippen LogP contribution in [0, 0.1) is 0 Å². The number of nitrogens with zero attached hydrogens (tertiary/aromatic N) is 4. The van der Waals surface area contributed by atoms with Crippen LogP contribution in [0.25, 0.3) is 22.2 Å². The van der Waals surface area contributed by atoms with E-state index in [1.54, 1.807) is 6.20 Å². The summed E-state index contributed by atoms with van der Waals surface area (Å²) in [6, 6.07) is 9.68. The maximum Gasteiger partial charge on any atom is 0.252 e. The number of para-hydroxylation sites is 1. The van der Waals surface area contributed by atoms with Gasteiger partial charge in [-0.25, -0.2) is 4.98 Å². The molecule has 3 aromatic rings. The molecule has 152 valence electrons. The molecule has 1 saturated heterocycles. The zero-order valence-electron chi connectivity index (χ0n) is 17.0. The van der Waals surface area contributed by atoms with Crippen LogP contribution in [0.2, 0.25) is 0 Å². The molecule has 1 N–H and O–H groups in total. The Hall–Kier alpha value is -2.77. The fourth-order valence-electron chi connectivity index (χ4n) is 3.70. The fourth-order valence-corrected chi connectivity index (χ4v) is 3.70. The van der Waals surface area contributed by atoms with Gasteiger partial charge in [-0.05, 0) is 26.0 Å². The number of carbonyl (C=O) groups is 1. The first-order chi connectivity index (χ1) is 14.1. The van der Waals surface area contributed by atoms with E-state index < -0.39 is 0 Å². The largest absolute Gasteiger partial charge is 0.379 e. The number of aromatic nitrogens is 3. The quantitative estimate of drug-likeness (QED) is 0.697. The fraction of sp³-hybridized carbons (Fsp3) is 0.409. The number of hydrogen-bond donors (Lipinski definition) is 1. The molecule has 3 heterocycles. The second-order valence-electron chi connectivity index (χ2n) is 7.44. The van der Waals surface area contributed by atoms with Crippen molar-refractivity contribution in [3.8, 4) is 11.3 Å². The van der Waals surface area contributed by atoms with Gasteiger partial charge in [0.1, 0.15) is 0 Å². The van der Waals surface area contributed by atoms with Crippen LogP contribution >= 0.6 is 0 Å². The molecule has 1 fully saturated rings. The summed E-state index contributed by atoms with van der Waals surface area (Å²) in [4.78, 5) is 20.2. The number of amides is 1. The number of aryl methyl sites for hydroxylation is 1. The van der Waals surface area contributed by atoms with Gasteiger partial charge in [0.2, 0.25) is 0 Å². The Labute approximate surface area is 170 Å². The van der Waals surface area contributed by atoms with E-state index in [0.717, 1.165) is 61.6 Å². The van der Waals surface area contributed by atoms with Gasteiger partial charge in [0.05, 0.1) is 36.2 Å². The lowest BCUT2D eigenvalue weighted by Crippen LogP contribution is -2.46. The van der Waals surface area contributed by atoms with Gasteiger partial charge in [-0.15, -0.1) is 0 Å². The Balaban J connectivity index is 1.60. The Bertz CT molecular complexity index is 994. The molecule has 0 bridgehead atoms. The van der Waals surface area contributed by atoms with Crippen LogP contribution in [0.5, 0.6) is 0 Å². The third-order valence-electron chi connectivity index (χ3n) is 5.23. The lowest BCUT2D eigenvalue weighted by Gasteiger charge is -2.29. The van der Waals surface area contributed by atoms with Crippen molar-refractivity contribution in [3.63, 3.8) is 0 Å². The average Bonchev–Trinajstić information content (AvgIpc) is 3.23. The molecule has 0 radical (unpaired) electrons. The monoisotopic (exact) mass is 393 g/mol. The summed E-state index contributed by atoms with van der Waals surface area (Å²) in [5.41, 5.74) is 3.12. The van der Waals surface area contributed by atoms with Crippen molar-refractivity contribution in [3.05, 3.63) is 48.3 Å². The van der Waals surface area contributed by atoms with Crippen LogP contribution in [0.1, 0.15) is 24.2 Å². The molecule has 4 rings (SSSR count). The molecule has 1 aliphatic rings. The van der Waals surface area contributed by atoms with Crippen LogP contribution in [-0.2, 0) is 11.3 Å². The van der Waals surface area contributed by atoms with Crippen molar-refractivity contribution in [2.75, 3.05) is 32.8 Å². The van der Waals surface area contributed by atoms with Crippen LogP contribution < -0.4 is 5.32 Å². The van der Waals surface area contributed by atoms with Crippen LogP contribution in [-0.4, -0.2) is 64.5 Å². The molecule has 2 aromatic heterocycles. The lowest BCUT2D eigenvalue weighted by molar-refractivity contribution is 0.0342. The van der Waals surface area contributed by atoms with E-state index >= 15 is 0 Å². The Morgan fingerprint density at radius 3 is 2.83 bits per heavy atom. The van der Waals surface area contributed by atoms with Gasteiger partial charge in [0, 0.05) is 49.4 Å². The highest BCUT2D eigenvalue weighted by atomic mass is 16.5. The summed E-state index contributed by atoms with van der Waals surface area (Å²) in [5, 5.41) is 8.36. The number of hydrogen-bond acceptors (Lipinski definition) is 5. The summed E-state index contributed by atoms with van der Waals surface area (Å²) in [7, 11) is 0. The molecule has 0 aliphatic carbocycles. The molecule has 1 amide bonds. The van der Waals surface area contributed by atoms with Gasteiger partial charge in [-0.1, -0.05) is 18.2 Å². The first-order valence-electron chi connectivity index (χ1n) is 10.2. The minimum atomic E-state index is -0.0755. The van der Waals surface area contributed by atoms with Gasteiger partial charge in [-0.2, -0.15) is 5.10 Å². The van der Waals surface area contributed by atoms with E-state index in [2.05, 4.69) is 15.3 Å². The molecule has 7 nitrogen and oxygen atoms in total. The number of rotatable bonds is 6. The number of ether oxygens (including phenoxy) is 1.